The van der Waals surface area contributed by atoms with Gasteiger partial charge in [0.25, 0.3) is 5.91 Å². The Morgan fingerprint density at radius 3 is 2.86 bits per heavy atom. The standard InChI is InChI=1S/C10H11NO3/c1-2-11-10(14)8-5-7(6-12)3-4-9(8)13/h3-6,13H,2H2,1H3,(H,11,14). The van der Waals surface area contributed by atoms with Crippen LogP contribution in [0.3, 0.4) is 0 Å². The highest BCUT2D eigenvalue weighted by atomic mass is 16.3. The van der Waals surface area contributed by atoms with E-state index in [1.165, 1.54) is 18.2 Å². The van der Waals surface area contributed by atoms with Crippen LogP contribution in [0.5, 0.6) is 5.75 Å². The van der Waals surface area contributed by atoms with Crippen molar-refractivity contribution in [1.82, 2.24) is 5.32 Å². The van der Waals surface area contributed by atoms with E-state index in [1.807, 2.05) is 0 Å². The van der Waals surface area contributed by atoms with Crippen molar-refractivity contribution in [2.45, 2.75) is 6.92 Å². The van der Waals surface area contributed by atoms with Crippen molar-refractivity contribution < 1.29 is 14.7 Å². The summed E-state index contributed by atoms with van der Waals surface area (Å²) in [5.41, 5.74) is 0.487. The Kier molecular flexibility index (Phi) is 3.23. The normalized spacial score (nSPS) is 9.50. The van der Waals surface area contributed by atoms with Crippen LogP contribution in [0.4, 0.5) is 0 Å². The van der Waals surface area contributed by atoms with Gasteiger partial charge in [-0.3, -0.25) is 9.59 Å². The van der Waals surface area contributed by atoms with Crippen molar-refractivity contribution in [3.05, 3.63) is 29.3 Å². The van der Waals surface area contributed by atoms with Gasteiger partial charge in [0.05, 0.1) is 5.56 Å². The predicted molar refractivity (Wildman–Crippen MR) is 51.5 cm³/mol. The molecule has 0 spiro atoms. The third kappa shape index (κ3) is 2.10. The van der Waals surface area contributed by atoms with Gasteiger partial charge >= 0.3 is 0 Å². The molecule has 0 unspecified atom stereocenters. The van der Waals surface area contributed by atoms with Crippen LogP contribution in [0.25, 0.3) is 0 Å². The lowest BCUT2D eigenvalue weighted by molar-refractivity contribution is 0.0953. The Morgan fingerprint density at radius 1 is 1.57 bits per heavy atom. The molecule has 1 rings (SSSR count). The fourth-order valence-electron chi connectivity index (χ4n) is 1.06. The Balaban J connectivity index is 3.05. The lowest BCUT2D eigenvalue weighted by Gasteiger charge is -2.04. The SMILES string of the molecule is CCNC(=O)c1cc(C=O)ccc1O. The average Bonchev–Trinajstić information content (AvgIpc) is 2.19. The Labute approximate surface area is 81.6 Å². The zero-order valence-corrected chi connectivity index (χ0v) is 7.78. The number of nitrogens with one attached hydrogen (secondary N) is 1. The summed E-state index contributed by atoms with van der Waals surface area (Å²) in [6.07, 6.45) is 0.627. The minimum Gasteiger partial charge on any atom is -0.507 e. The Morgan fingerprint density at radius 2 is 2.29 bits per heavy atom. The first kappa shape index (κ1) is 10.2. The molecular formula is C10H11NO3. The molecular weight excluding hydrogens is 182 g/mol. The lowest BCUT2D eigenvalue weighted by atomic mass is 10.1. The van der Waals surface area contributed by atoms with Crippen LogP contribution in [0.1, 0.15) is 27.6 Å². The molecule has 0 aliphatic rings. The smallest absolute Gasteiger partial charge is 0.255 e. The molecule has 0 bridgehead atoms. The van der Waals surface area contributed by atoms with Gasteiger partial charge in [0.15, 0.2) is 0 Å². The van der Waals surface area contributed by atoms with E-state index in [0.29, 0.717) is 18.4 Å². The average molecular weight is 193 g/mol. The zero-order valence-electron chi connectivity index (χ0n) is 7.78. The molecule has 0 aromatic heterocycles. The van der Waals surface area contributed by atoms with Gasteiger partial charge in [-0.15, -0.1) is 0 Å². The van der Waals surface area contributed by atoms with Gasteiger partial charge in [0.2, 0.25) is 0 Å². The second-order valence-corrected chi connectivity index (χ2v) is 2.75. The lowest BCUT2D eigenvalue weighted by Crippen LogP contribution is -2.22. The van der Waals surface area contributed by atoms with Gasteiger partial charge < -0.3 is 10.4 Å². The highest BCUT2D eigenvalue weighted by Crippen LogP contribution is 2.17. The summed E-state index contributed by atoms with van der Waals surface area (Å²) in [7, 11) is 0. The fraction of sp³-hybridized carbons (Fsp3) is 0.200. The van der Waals surface area contributed by atoms with Crippen LogP contribution in [-0.4, -0.2) is 23.8 Å². The second kappa shape index (κ2) is 4.41. The molecule has 0 saturated heterocycles. The molecule has 1 aromatic rings. The number of hydrogen-bond donors (Lipinski definition) is 2. The monoisotopic (exact) mass is 193 g/mol. The molecule has 0 aliphatic heterocycles. The van der Waals surface area contributed by atoms with Crippen LogP contribution in [-0.2, 0) is 0 Å². The quantitative estimate of drug-likeness (QED) is 0.702. The first-order valence-electron chi connectivity index (χ1n) is 4.25. The van der Waals surface area contributed by atoms with E-state index >= 15 is 0 Å². The van der Waals surface area contributed by atoms with Crippen LogP contribution in [0.2, 0.25) is 0 Å². The van der Waals surface area contributed by atoms with Gasteiger partial charge in [-0.25, -0.2) is 0 Å². The molecule has 0 saturated carbocycles. The molecule has 4 nitrogen and oxygen atoms in total. The van der Waals surface area contributed by atoms with Gasteiger partial charge in [-0.05, 0) is 25.1 Å². The molecule has 1 amide bonds. The van der Waals surface area contributed by atoms with E-state index in [4.69, 9.17) is 0 Å². The Hall–Kier alpha value is -1.84. The summed E-state index contributed by atoms with van der Waals surface area (Å²) in [5, 5.41) is 11.9. The summed E-state index contributed by atoms with van der Waals surface area (Å²) in [6.45, 7) is 2.25. The van der Waals surface area contributed by atoms with E-state index in [1.54, 1.807) is 6.92 Å². The molecule has 14 heavy (non-hydrogen) atoms. The van der Waals surface area contributed by atoms with E-state index in [2.05, 4.69) is 5.32 Å². The van der Waals surface area contributed by atoms with Gasteiger partial charge in [0, 0.05) is 12.1 Å². The van der Waals surface area contributed by atoms with Crippen LogP contribution >= 0.6 is 0 Å². The summed E-state index contributed by atoms with van der Waals surface area (Å²) < 4.78 is 0. The Bertz CT molecular complexity index is 360. The molecule has 1 aromatic carbocycles. The van der Waals surface area contributed by atoms with Crippen LogP contribution in [0, 0.1) is 0 Å². The van der Waals surface area contributed by atoms with Crippen molar-refractivity contribution in [3.63, 3.8) is 0 Å². The number of rotatable bonds is 3. The molecule has 0 fully saturated rings. The number of benzene rings is 1. The highest BCUT2D eigenvalue weighted by molar-refractivity contribution is 5.98. The number of aldehydes is 1. The zero-order chi connectivity index (χ0) is 10.6. The molecule has 0 aliphatic carbocycles. The van der Waals surface area contributed by atoms with Crippen molar-refractivity contribution >= 4 is 12.2 Å². The fourth-order valence-corrected chi connectivity index (χ4v) is 1.06. The first-order chi connectivity index (χ1) is 6.69. The summed E-state index contributed by atoms with van der Waals surface area (Å²) in [5.74, 6) is -0.504. The molecule has 74 valence electrons. The van der Waals surface area contributed by atoms with E-state index < -0.39 is 0 Å². The minimum atomic E-state index is -0.381. The minimum absolute atomic E-state index is 0.122. The van der Waals surface area contributed by atoms with Crippen molar-refractivity contribution in [2.75, 3.05) is 6.54 Å². The van der Waals surface area contributed by atoms with E-state index in [0.717, 1.165) is 0 Å². The maximum absolute atomic E-state index is 11.3. The van der Waals surface area contributed by atoms with Crippen LogP contribution in [0.15, 0.2) is 18.2 Å². The topological polar surface area (TPSA) is 66.4 Å². The molecule has 4 heteroatoms. The largest absolute Gasteiger partial charge is 0.507 e. The van der Waals surface area contributed by atoms with Crippen molar-refractivity contribution in [2.24, 2.45) is 0 Å². The predicted octanol–water partition coefficient (Wildman–Crippen LogP) is 0.954. The molecule has 0 radical (unpaired) electrons. The number of carbonyl (C=O) groups is 2. The molecule has 0 atom stereocenters. The van der Waals surface area contributed by atoms with Gasteiger partial charge in [-0.1, -0.05) is 0 Å². The van der Waals surface area contributed by atoms with Crippen LogP contribution < -0.4 is 5.32 Å². The number of amides is 1. The number of phenolic OH excluding ortho intramolecular Hbond substituents is 1. The highest BCUT2D eigenvalue weighted by Gasteiger charge is 2.10. The number of hydrogen-bond acceptors (Lipinski definition) is 3. The van der Waals surface area contributed by atoms with E-state index in [-0.39, 0.29) is 17.2 Å². The van der Waals surface area contributed by atoms with Crippen molar-refractivity contribution in [3.8, 4) is 5.75 Å². The maximum Gasteiger partial charge on any atom is 0.255 e. The third-order valence-electron chi connectivity index (χ3n) is 1.74. The first-order valence-corrected chi connectivity index (χ1v) is 4.25. The number of phenols is 1. The second-order valence-electron chi connectivity index (χ2n) is 2.75. The van der Waals surface area contributed by atoms with Gasteiger partial charge in [0.1, 0.15) is 12.0 Å². The van der Waals surface area contributed by atoms with Gasteiger partial charge in [-0.2, -0.15) is 0 Å². The van der Waals surface area contributed by atoms with E-state index in [9.17, 15) is 14.7 Å². The summed E-state index contributed by atoms with van der Waals surface area (Å²) in [6, 6.07) is 4.13. The maximum atomic E-state index is 11.3. The summed E-state index contributed by atoms with van der Waals surface area (Å²) >= 11 is 0. The molecule has 2 N–H and O–H groups in total. The number of carbonyl (C=O) groups excluding carboxylic acids is 2. The number of aromatic hydroxyl groups is 1. The molecule has 0 heterocycles. The van der Waals surface area contributed by atoms with Crippen molar-refractivity contribution in [1.29, 1.82) is 0 Å². The summed E-state index contributed by atoms with van der Waals surface area (Å²) in [4.78, 5) is 21.8. The third-order valence-corrected chi connectivity index (χ3v) is 1.74.